The van der Waals surface area contributed by atoms with Crippen LogP contribution in [0.2, 0.25) is 0 Å². The summed E-state index contributed by atoms with van der Waals surface area (Å²) in [5.74, 6) is 1.08. The van der Waals surface area contributed by atoms with E-state index in [1.165, 1.54) is 30.5 Å². The fourth-order valence-corrected chi connectivity index (χ4v) is 3.11. The van der Waals surface area contributed by atoms with Crippen molar-refractivity contribution >= 4 is 5.69 Å². The number of fused-ring (bicyclic) bond motifs is 1. The summed E-state index contributed by atoms with van der Waals surface area (Å²) in [6.45, 7) is 6.45. The van der Waals surface area contributed by atoms with Crippen LogP contribution in [-0.4, -0.2) is 26.2 Å². The average Bonchev–Trinajstić information content (AvgIpc) is 2.46. The van der Waals surface area contributed by atoms with Gasteiger partial charge in [-0.15, -0.1) is 0 Å². The molecule has 3 rings (SSSR count). The Hall–Kier alpha value is -1.22. The summed E-state index contributed by atoms with van der Waals surface area (Å²) >= 11 is 0. The van der Waals surface area contributed by atoms with Crippen LogP contribution in [0, 0.1) is 5.41 Å². The Morgan fingerprint density at radius 1 is 1.26 bits per heavy atom. The number of rotatable bonds is 3. The third kappa shape index (κ3) is 2.86. The van der Waals surface area contributed by atoms with Crippen molar-refractivity contribution in [3.8, 4) is 5.75 Å². The standard InChI is InChI=1S/C16H24N2O/c1-16(8-4-9-17-11-16)12-19-15-7-2-6-14-13(15)5-3-10-18-14/h2,6-7,17-18H,3-5,8-12H2,1H3. The van der Waals surface area contributed by atoms with Gasteiger partial charge in [0.15, 0.2) is 0 Å². The summed E-state index contributed by atoms with van der Waals surface area (Å²) in [6.07, 6.45) is 4.85. The van der Waals surface area contributed by atoms with Crippen LogP contribution in [0.15, 0.2) is 18.2 Å². The molecule has 0 radical (unpaired) electrons. The molecular formula is C16H24N2O. The largest absolute Gasteiger partial charge is 0.493 e. The van der Waals surface area contributed by atoms with E-state index in [2.05, 4.69) is 35.8 Å². The van der Waals surface area contributed by atoms with Gasteiger partial charge in [0.25, 0.3) is 0 Å². The highest BCUT2D eigenvalue weighted by Crippen LogP contribution is 2.33. The molecule has 0 aliphatic carbocycles. The normalized spacial score (nSPS) is 26.4. The van der Waals surface area contributed by atoms with Crippen molar-refractivity contribution in [1.29, 1.82) is 0 Å². The van der Waals surface area contributed by atoms with E-state index in [-0.39, 0.29) is 5.41 Å². The van der Waals surface area contributed by atoms with Crippen LogP contribution in [0.4, 0.5) is 5.69 Å². The van der Waals surface area contributed by atoms with E-state index >= 15 is 0 Å². The molecule has 2 aliphatic rings. The first kappa shape index (κ1) is 12.8. The van der Waals surface area contributed by atoms with Gasteiger partial charge in [-0.05, 0) is 44.4 Å². The van der Waals surface area contributed by atoms with E-state index in [0.29, 0.717) is 0 Å². The molecule has 1 aromatic rings. The molecule has 2 aliphatic heterocycles. The minimum Gasteiger partial charge on any atom is -0.493 e. The van der Waals surface area contributed by atoms with Crippen molar-refractivity contribution in [2.45, 2.75) is 32.6 Å². The predicted octanol–water partition coefficient (Wildman–Crippen LogP) is 2.81. The highest BCUT2D eigenvalue weighted by molar-refractivity contribution is 5.59. The molecule has 104 valence electrons. The zero-order valence-corrected chi connectivity index (χ0v) is 11.8. The molecule has 2 N–H and O–H groups in total. The van der Waals surface area contributed by atoms with E-state index in [9.17, 15) is 0 Å². The molecule has 1 fully saturated rings. The molecule has 0 saturated carbocycles. The molecule has 0 aromatic heterocycles. The first-order valence-electron chi connectivity index (χ1n) is 7.46. The Balaban J connectivity index is 1.69. The molecule has 1 atom stereocenters. The zero-order chi connectivity index (χ0) is 13.1. The van der Waals surface area contributed by atoms with E-state index in [0.717, 1.165) is 38.4 Å². The van der Waals surface area contributed by atoms with Gasteiger partial charge < -0.3 is 15.4 Å². The molecule has 19 heavy (non-hydrogen) atoms. The first-order valence-corrected chi connectivity index (χ1v) is 7.46. The van der Waals surface area contributed by atoms with Gasteiger partial charge in [-0.25, -0.2) is 0 Å². The summed E-state index contributed by atoms with van der Waals surface area (Å²) in [5.41, 5.74) is 2.90. The van der Waals surface area contributed by atoms with Crippen LogP contribution in [0.1, 0.15) is 31.7 Å². The van der Waals surface area contributed by atoms with Crippen molar-refractivity contribution in [1.82, 2.24) is 5.32 Å². The number of benzene rings is 1. The Morgan fingerprint density at radius 2 is 2.21 bits per heavy atom. The Morgan fingerprint density at radius 3 is 3.05 bits per heavy atom. The maximum atomic E-state index is 6.17. The lowest BCUT2D eigenvalue weighted by Crippen LogP contribution is -2.41. The van der Waals surface area contributed by atoms with Crippen molar-refractivity contribution in [2.24, 2.45) is 5.41 Å². The van der Waals surface area contributed by atoms with Gasteiger partial charge in [-0.2, -0.15) is 0 Å². The summed E-state index contributed by atoms with van der Waals surface area (Å²) in [5, 5.41) is 6.94. The van der Waals surface area contributed by atoms with Crippen molar-refractivity contribution in [3.05, 3.63) is 23.8 Å². The lowest BCUT2D eigenvalue weighted by Gasteiger charge is -2.34. The fraction of sp³-hybridized carbons (Fsp3) is 0.625. The van der Waals surface area contributed by atoms with Crippen LogP contribution >= 0.6 is 0 Å². The van der Waals surface area contributed by atoms with Crippen molar-refractivity contribution < 1.29 is 4.74 Å². The van der Waals surface area contributed by atoms with E-state index < -0.39 is 0 Å². The topological polar surface area (TPSA) is 33.3 Å². The Labute approximate surface area is 115 Å². The lowest BCUT2D eigenvalue weighted by atomic mass is 9.84. The fourth-order valence-electron chi connectivity index (χ4n) is 3.11. The van der Waals surface area contributed by atoms with Crippen LogP contribution in [0.5, 0.6) is 5.75 Å². The molecule has 1 saturated heterocycles. The summed E-state index contributed by atoms with van der Waals surface area (Å²) < 4.78 is 6.17. The monoisotopic (exact) mass is 260 g/mol. The number of nitrogens with one attached hydrogen (secondary N) is 2. The van der Waals surface area contributed by atoms with Crippen molar-refractivity contribution in [2.75, 3.05) is 31.6 Å². The molecule has 0 amide bonds. The predicted molar refractivity (Wildman–Crippen MR) is 79.0 cm³/mol. The second-order valence-electron chi connectivity index (χ2n) is 6.19. The SMILES string of the molecule is CC1(COc2cccc3c2CCCN3)CCCNC1. The Bertz CT molecular complexity index is 438. The van der Waals surface area contributed by atoms with Crippen LogP contribution in [0.3, 0.4) is 0 Å². The number of ether oxygens (including phenoxy) is 1. The molecular weight excluding hydrogens is 236 g/mol. The molecule has 2 heterocycles. The maximum absolute atomic E-state index is 6.17. The number of anilines is 1. The quantitative estimate of drug-likeness (QED) is 0.877. The van der Waals surface area contributed by atoms with Gasteiger partial charge in [-0.3, -0.25) is 0 Å². The number of piperidine rings is 1. The van der Waals surface area contributed by atoms with Crippen molar-refractivity contribution in [3.63, 3.8) is 0 Å². The summed E-state index contributed by atoms with van der Waals surface area (Å²) in [4.78, 5) is 0. The third-order valence-corrected chi connectivity index (χ3v) is 4.31. The second-order valence-corrected chi connectivity index (χ2v) is 6.19. The highest BCUT2D eigenvalue weighted by atomic mass is 16.5. The molecule has 3 heteroatoms. The molecule has 1 unspecified atom stereocenters. The second kappa shape index (κ2) is 5.41. The highest BCUT2D eigenvalue weighted by Gasteiger charge is 2.28. The molecule has 0 bridgehead atoms. The molecule has 0 spiro atoms. The van der Waals surface area contributed by atoms with Gasteiger partial charge in [0.1, 0.15) is 5.75 Å². The van der Waals surface area contributed by atoms with E-state index in [1.807, 2.05) is 0 Å². The first-order chi connectivity index (χ1) is 9.27. The van der Waals surface area contributed by atoms with Gasteiger partial charge in [0.05, 0.1) is 6.61 Å². The van der Waals surface area contributed by atoms with Crippen LogP contribution < -0.4 is 15.4 Å². The van der Waals surface area contributed by atoms with Crippen LogP contribution in [-0.2, 0) is 6.42 Å². The lowest BCUT2D eigenvalue weighted by molar-refractivity contribution is 0.128. The minimum atomic E-state index is 0.281. The van der Waals surface area contributed by atoms with Crippen LogP contribution in [0.25, 0.3) is 0 Å². The maximum Gasteiger partial charge on any atom is 0.124 e. The van der Waals surface area contributed by atoms with Gasteiger partial charge in [-0.1, -0.05) is 13.0 Å². The zero-order valence-electron chi connectivity index (χ0n) is 11.8. The van der Waals surface area contributed by atoms with Gasteiger partial charge in [0.2, 0.25) is 0 Å². The third-order valence-electron chi connectivity index (χ3n) is 4.31. The smallest absolute Gasteiger partial charge is 0.124 e. The van der Waals surface area contributed by atoms with E-state index in [4.69, 9.17) is 4.74 Å². The average molecular weight is 260 g/mol. The molecule has 1 aromatic carbocycles. The van der Waals surface area contributed by atoms with Gasteiger partial charge in [0, 0.05) is 29.8 Å². The Kier molecular flexibility index (Phi) is 3.65. The van der Waals surface area contributed by atoms with Gasteiger partial charge >= 0.3 is 0 Å². The number of hydrogen-bond acceptors (Lipinski definition) is 3. The number of hydrogen-bond donors (Lipinski definition) is 2. The minimum absolute atomic E-state index is 0.281. The van der Waals surface area contributed by atoms with E-state index in [1.54, 1.807) is 0 Å². The molecule has 3 nitrogen and oxygen atoms in total. The summed E-state index contributed by atoms with van der Waals surface area (Å²) in [6, 6.07) is 6.37. The summed E-state index contributed by atoms with van der Waals surface area (Å²) in [7, 11) is 0.